The molecule has 0 N–H and O–H groups in total. The molecule has 0 bridgehead atoms. The fourth-order valence-electron chi connectivity index (χ4n) is 2.52. The fraction of sp³-hybridized carbons (Fsp3) is 0.462. The van der Waals surface area contributed by atoms with Crippen LogP contribution in [0.25, 0.3) is 0 Å². The Morgan fingerprint density at radius 2 is 1.88 bits per heavy atom. The second-order valence-corrected chi connectivity index (χ2v) is 5.02. The van der Waals surface area contributed by atoms with Crippen LogP contribution in [-0.4, -0.2) is 35.9 Å². The zero-order chi connectivity index (χ0) is 12.3. The molecule has 3 nitrogen and oxygen atoms in total. The molecule has 0 unspecified atom stereocenters. The van der Waals surface area contributed by atoms with Gasteiger partial charge in [-0.25, -0.2) is 4.42 Å². The van der Waals surface area contributed by atoms with E-state index in [0.717, 1.165) is 32.3 Å². The third-order valence-corrected chi connectivity index (χ3v) is 4.00. The van der Waals surface area contributed by atoms with E-state index in [0.29, 0.717) is 0 Å². The molecule has 1 fully saturated rings. The lowest BCUT2D eigenvalue weighted by molar-refractivity contribution is -0.120. The molecule has 0 aromatic heterocycles. The van der Waals surface area contributed by atoms with E-state index in [1.165, 1.54) is 5.56 Å². The van der Waals surface area contributed by atoms with Gasteiger partial charge in [0.1, 0.15) is 0 Å². The number of amides is 1. The molecule has 0 radical (unpaired) electrons. The van der Waals surface area contributed by atoms with Crippen LogP contribution >= 0.6 is 11.8 Å². The average molecular weight is 253 g/mol. The normalized spacial score (nSPS) is 19.4. The Bertz CT molecular complexity index is 372. The summed E-state index contributed by atoms with van der Waals surface area (Å²) in [5.41, 5.74) is 1.07. The number of carbonyl (C=O) groups excluding carboxylic acids is 1. The van der Waals surface area contributed by atoms with Crippen molar-refractivity contribution in [2.45, 2.75) is 18.4 Å². The van der Waals surface area contributed by atoms with Gasteiger partial charge in [0.05, 0.1) is 5.54 Å². The molecule has 0 saturated carbocycles. The van der Waals surface area contributed by atoms with Crippen LogP contribution in [0.15, 0.2) is 30.3 Å². The van der Waals surface area contributed by atoms with E-state index in [1.54, 1.807) is 4.42 Å². The van der Waals surface area contributed by atoms with Gasteiger partial charge in [-0.15, -0.1) is 0 Å². The Labute approximate surface area is 107 Å². The monoisotopic (exact) mass is 252 g/mol. The molecule has 17 heavy (non-hydrogen) atoms. The molecule has 1 amide bonds. The zero-order valence-electron chi connectivity index (χ0n) is 9.97. The highest BCUT2D eigenvalue weighted by molar-refractivity contribution is 6.13. The van der Waals surface area contributed by atoms with Gasteiger partial charge in [0, 0.05) is 20.1 Å². The van der Waals surface area contributed by atoms with Crippen molar-refractivity contribution in [3.8, 4) is 0 Å². The van der Waals surface area contributed by atoms with Crippen molar-refractivity contribution >= 4 is 18.2 Å². The van der Waals surface area contributed by atoms with Crippen LogP contribution in [-0.2, 0) is 10.3 Å². The molecule has 1 aliphatic heterocycles. The largest absolute Gasteiger partial charge is 0.345 e. The molecule has 1 saturated heterocycles. The van der Waals surface area contributed by atoms with Crippen LogP contribution in [0, 0.1) is 0 Å². The summed E-state index contributed by atoms with van der Waals surface area (Å²) in [6.45, 7) is 1.52. The molecule has 0 aliphatic carbocycles. The van der Waals surface area contributed by atoms with E-state index in [9.17, 15) is 4.79 Å². The first-order valence-corrected chi connectivity index (χ1v) is 6.17. The van der Waals surface area contributed by atoms with E-state index in [1.807, 2.05) is 30.1 Å². The highest BCUT2D eigenvalue weighted by atomic mass is 35.5. The lowest BCUT2D eigenvalue weighted by Gasteiger charge is -2.44. The van der Waals surface area contributed by atoms with Crippen molar-refractivity contribution in [1.82, 2.24) is 9.32 Å². The minimum Gasteiger partial charge on any atom is -0.345 e. The summed E-state index contributed by atoms with van der Waals surface area (Å²) in [7, 11) is 1.89. The predicted octanol–water partition coefficient (Wildman–Crippen LogP) is 2.22. The maximum absolute atomic E-state index is 10.8. The van der Waals surface area contributed by atoms with Crippen LogP contribution in [0.2, 0.25) is 0 Å². The standard InChI is InChI=1S/C13H17ClN2O/c1-15(14)13(12-5-3-2-4-6-12)7-9-16(11-17)10-8-13/h2-6,11H,7-10H2,1H3. The predicted molar refractivity (Wildman–Crippen MR) is 68.6 cm³/mol. The van der Waals surface area contributed by atoms with Crippen molar-refractivity contribution in [3.05, 3.63) is 35.9 Å². The first kappa shape index (κ1) is 12.4. The summed E-state index contributed by atoms with van der Waals surface area (Å²) in [5.74, 6) is 0. The van der Waals surface area contributed by atoms with E-state index in [2.05, 4.69) is 12.1 Å². The van der Waals surface area contributed by atoms with Gasteiger partial charge >= 0.3 is 0 Å². The topological polar surface area (TPSA) is 23.6 Å². The van der Waals surface area contributed by atoms with E-state index < -0.39 is 0 Å². The lowest BCUT2D eigenvalue weighted by Crippen LogP contribution is -2.48. The number of hydrogen-bond donors (Lipinski definition) is 0. The number of halogens is 1. The second-order valence-electron chi connectivity index (χ2n) is 4.52. The maximum atomic E-state index is 10.8. The maximum Gasteiger partial charge on any atom is 0.209 e. The number of carbonyl (C=O) groups is 1. The Balaban J connectivity index is 2.26. The van der Waals surface area contributed by atoms with E-state index >= 15 is 0 Å². The summed E-state index contributed by atoms with van der Waals surface area (Å²) in [4.78, 5) is 12.6. The summed E-state index contributed by atoms with van der Waals surface area (Å²) in [6, 6.07) is 10.3. The highest BCUT2D eigenvalue weighted by Crippen LogP contribution is 2.38. The van der Waals surface area contributed by atoms with Gasteiger partial charge in [-0.1, -0.05) is 30.3 Å². The Kier molecular flexibility index (Phi) is 3.69. The van der Waals surface area contributed by atoms with Crippen molar-refractivity contribution in [2.24, 2.45) is 0 Å². The fourth-order valence-corrected chi connectivity index (χ4v) is 2.79. The Morgan fingerprint density at radius 3 is 2.35 bits per heavy atom. The van der Waals surface area contributed by atoms with Crippen molar-refractivity contribution in [1.29, 1.82) is 0 Å². The minimum absolute atomic E-state index is 0.150. The molecular weight excluding hydrogens is 236 g/mol. The molecule has 92 valence electrons. The summed E-state index contributed by atoms with van der Waals surface area (Å²) >= 11 is 6.27. The number of hydrogen-bond acceptors (Lipinski definition) is 2. The molecule has 2 rings (SSSR count). The van der Waals surface area contributed by atoms with Crippen LogP contribution in [0.1, 0.15) is 18.4 Å². The van der Waals surface area contributed by atoms with Gasteiger partial charge in [-0.05, 0) is 30.2 Å². The third kappa shape index (κ3) is 2.31. The van der Waals surface area contributed by atoms with Crippen LogP contribution in [0.4, 0.5) is 0 Å². The first-order valence-electron chi connectivity index (χ1n) is 5.83. The molecule has 4 heteroatoms. The van der Waals surface area contributed by atoms with Gasteiger partial charge in [-0.3, -0.25) is 4.79 Å². The quantitative estimate of drug-likeness (QED) is 0.608. The van der Waals surface area contributed by atoms with Gasteiger partial charge in [-0.2, -0.15) is 0 Å². The highest BCUT2D eigenvalue weighted by Gasteiger charge is 2.39. The molecule has 0 atom stereocenters. The van der Waals surface area contributed by atoms with Crippen molar-refractivity contribution in [2.75, 3.05) is 20.1 Å². The summed E-state index contributed by atoms with van der Waals surface area (Å²) < 4.78 is 1.77. The number of rotatable bonds is 3. The van der Waals surface area contributed by atoms with Gasteiger partial charge < -0.3 is 4.90 Å². The van der Waals surface area contributed by atoms with Crippen LogP contribution < -0.4 is 0 Å². The van der Waals surface area contributed by atoms with Crippen molar-refractivity contribution in [3.63, 3.8) is 0 Å². The Morgan fingerprint density at radius 1 is 1.29 bits per heavy atom. The van der Waals surface area contributed by atoms with Gasteiger partial charge in [0.15, 0.2) is 0 Å². The summed E-state index contributed by atoms with van der Waals surface area (Å²) in [6.07, 6.45) is 2.66. The number of benzene rings is 1. The zero-order valence-corrected chi connectivity index (χ0v) is 10.7. The average Bonchev–Trinajstić information content (AvgIpc) is 2.39. The second kappa shape index (κ2) is 5.07. The molecule has 0 spiro atoms. The SMILES string of the molecule is CN(Cl)C1(c2ccccc2)CCN(C=O)CC1. The Hall–Kier alpha value is -1.06. The van der Waals surface area contributed by atoms with Gasteiger partial charge in [0.2, 0.25) is 6.41 Å². The number of nitrogens with zero attached hydrogens (tertiary/aromatic N) is 2. The number of piperidine rings is 1. The van der Waals surface area contributed by atoms with E-state index in [4.69, 9.17) is 11.8 Å². The van der Waals surface area contributed by atoms with Crippen LogP contribution in [0.3, 0.4) is 0 Å². The molecule has 1 aromatic carbocycles. The molecule has 1 aliphatic rings. The number of likely N-dealkylation sites (tertiary alicyclic amines) is 1. The summed E-state index contributed by atoms with van der Waals surface area (Å²) in [5, 5.41) is 0. The smallest absolute Gasteiger partial charge is 0.209 e. The molecular formula is C13H17ClN2O. The lowest BCUT2D eigenvalue weighted by atomic mass is 9.81. The minimum atomic E-state index is -0.150. The van der Waals surface area contributed by atoms with E-state index in [-0.39, 0.29) is 5.54 Å². The van der Waals surface area contributed by atoms with Crippen molar-refractivity contribution < 1.29 is 4.79 Å². The third-order valence-electron chi connectivity index (χ3n) is 3.68. The first-order chi connectivity index (χ1) is 8.19. The van der Waals surface area contributed by atoms with Crippen LogP contribution in [0.5, 0.6) is 0 Å². The van der Waals surface area contributed by atoms with Gasteiger partial charge in [0.25, 0.3) is 0 Å². The molecule has 1 heterocycles. The molecule has 1 aromatic rings.